The number of benzene rings is 1. The van der Waals surface area contributed by atoms with Gasteiger partial charge in [-0.2, -0.15) is 4.98 Å². The summed E-state index contributed by atoms with van der Waals surface area (Å²) < 4.78 is 11.0. The van der Waals surface area contributed by atoms with Gasteiger partial charge in [0.2, 0.25) is 5.13 Å². The van der Waals surface area contributed by atoms with Gasteiger partial charge >= 0.3 is 0 Å². The summed E-state index contributed by atoms with van der Waals surface area (Å²) in [7, 11) is 0. The van der Waals surface area contributed by atoms with Crippen molar-refractivity contribution in [1.29, 1.82) is 0 Å². The number of carbonyl (C=O) groups excluding carboxylic acids is 1. The van der Waals surface area contributed by atoms with Gasteiger partial charge in [0.25, 0.3) is 11.8 Å². The molecule has 8 nitrogen and oxygen atoms in total. The van der Waals surface area contributed by atoms with Crippen LogP contribution in [0.5, 0.6) is 5.75 Å². The largest absolute Gasteiger partial charge is 0.483 e. The molecule has 136 valence electrons. The van der Waals surface area contributed by atoms with Gasteiger partial charge in [-0.25, -0.2) is 0 Å². The lowest BCUT2D eigenvalue weighted by atomic mass is 10.2. The minimum absolute atomic E-state index is 0.159. The summed E-state index contributed by atoms with van der Waals surface area (Å²) >= 11 is 1.35. The molecule has 2 aromatic heterocycles. The molecule has 1 aromatic carbocycles. The smallest absolute Gasteiger partial charge is 0.264 e. The van der Waals surface area contributed by atoms with Gasteiger partial charge < -0.3 is 9.26 Å². The van der Waals surface area contributed by atoms with E-state index in [0.717, 1.165) is 11.4 Å². The lowest BCUT2D eigenvalue weighted by Crippen LogP contribution is -2.20. The fourth-order valence-corrected chi connectivity index (χ4v) is 2.79. The maximum atomic E-state index is 12.1. The van der Waals surface area contributed by atoms with Gasteiger partial charge in [-0.15, -0.1) is 10.2 Å². The van der Waals surface area contributed by atoms with E-state index in [-0.39, 0.29) is 18.4 Å². The molecule has 0 aliphatic rings. The molecule has 0 saturated heterocycles. The van der Waals surface area contributed by atoms with Crippen LogP contribution in [0.2, 0.25) is 0 Å². The molecule has 2 heterocycles. The van der Waals surface area contributed by atoms with Crippen LogP contribution in [0, 0.1) is 0 Å². The number of amides is 1. The minimum Gasteiger partial charge on any atom is -0.483 e. The summed E-state index contributed by atoms with van der Waals surface area (Å²) in [6.07, 6.45) is 0.778. The fourth-order valence-electron chi connectivity index (χ4n) is 2.09. The van der Waals surface area contributed by atoms with E-state index in [0.29, 0.717) is 28.2 Å². The lowest BCUT2D eigenvalue weighted by molar-refractivity contribution is -0.118. The second-order valence-corrected chi connectivity index (χ2v) is 6.86. The Kier molecular flexibility index (Phi) is 5.57. The van der Waals surface area contributed by atoms with Crippen LogP contribution in [0.4, 0.5) is 5.13 Å². The number of anilines is 1. The molecule has 0 spiro atoms. The van der Waals surface area contributed by atoms with Gasteiger partial charge in [-0.1, -0.05) is 49.4 Å². The van der Waals surface area contributed by atoms with E-state index in [4.69, 9.17) is 9.26 Å². The van der Waals surface area contributed by atoms with E-state index < -0.39 is 0 Å². The normalized spacial score (nSPS) is 10.9. The highest BCUT2D eigenvalue weighted by Gasteiger charge is 2.16. The number of hydrogen-bond acceptors (Lipinski definition) is 8. The first-order chi connectivity index (χ1) is 12.6. The molecule has 0 bridgehead atoms. The Balaban J connectivity index is 1.67. The molecule has 26 heavy (non-hydrogen) atoms. The summed E-state index contributed by atoms with van der Waals surface area (Å²) in [6, 6.07) is 7.22. The summed E-state index contributed by atoms with van der Waals surface area (Å²) in [5, 5.41) is 15.8. The number of hydrogen-bond donors (Lipinski definition) is 1. The molecule has 0 unspecified atom stereocenters. The fraction of sp³-hybridized carbons (Fsp3) is 0.353. The number of nitrogens with zero attached hydrogens (tertiary/aromatic N) is 4. The van der Waals surface area contributed by atoms with Crippen molar-refractivity contribution in [3.63, 3.8) is 0 Å². The Morgan fingerprint density at radius 2 is 2.12 bits per heavy atom. The summed E-state index contributed by atoms with van der Waals surface area (Å²) in [6.45, 7) is 5.79. The number of nitrogens with one attached hydrogen (secondary N) is 1. The van der Waals surface area contributed by atoms with E-state index in [1.807, 2.05) is 39.0 Å². The summed E-state index contributed by atoms with van der Waals surface area (Å²) in [5.41, 5.74) is 0.642. The van der Waals surface area contributed by atoms with E-state index in [1.165, 1.54) is 11.3 Å². The molecular weight excluding hydrogens is 354 g/mol. The van der Waals surface area contributed by atoms with Crippen molar-refractivity contribution in [1.82, 2.24) is 20.3 Å². The number of aromatic nitrogens is 4. The SMILES string of the molecule is CCc1nnc(NC(=O)COc2ccccc2-c2nc(C(C)C)no2)s1. The molecule has 0 aliphatic carbocycles. The molecule has 0 saturated carbocycles. The summed E-state index contributed by atoms with van der Waals surface area (Å²) in [4.78, 5) is 16.4. The Bertz CT molecular complexity index is 890. The molecule has 0 aliphatic heterocycles. The van der Waals surface area contributed by atoms with Crippen LogP contribution in [-0.4, -0.2) is 32.9 Å². The van der Waals surface area contributed by atoms with Crippen LogP contribution in [0.3, 0.4) is 0 Å². The van der Waals surface area contributed by atoms with Crippen molar-refractivity contribution in [2.75, 3.05) is 11.9 Å². The number of carbonyl (C=O) groups is 1. The second kappa shape index (κ2) is 8.05. The maximum Gasteiger partial charge on any atom is 0.264 e. The van der Waals surface area contributed by atoms with Gasteiger partial charge in [-0.3, -0.25) is 10.1 Å². The third kappa shape index (κ3) is 4.23. The highest BCUT2D eigenvalue weighted by atomic mass is 32.1. The molecule has 3 rings (SSSR count). The Hall–Kier alpha value is -2.81. The first-order valence-corrected chi connectivity index (χ1v) is 9.06. The van der Waals surface area contributed by atoms with Crippen molar-refractivity contribution >= 4 is 22.4 Å². The van der Waals surface area contributed by atoms with Gasteiger partial charge in [0, 0.05) is 5.92 Å². The summed E-state index contributed by atoms with van der Waals surface area (Å²) in [5.74, 6) is 1.32. The van der Waals surface area contributed by atoms with E-state index in [9.17, 15) is 4.79 Å². The predicted octanol–water partition coefficient (Wildman–Crippen LogP) is 3.29. The van der Waals surface area contributed by atoms with Crippen molar-refractivity contribution in [2.24, 2.45) is 0 Å². The average Bonchev–Trinajstić information content (AvgIpc) is 3.29. The molecule has 1 amide bonds. The van der Waals surface area contributed by atoms with Crippen LogP contribution >= 0.6 is 11.3 Å². The molecule has 0 fully saturated rings. The Labute approximate surface area is 154 Å². The van der Waals surface area contributed by atoms with Gasteiger partial charge in [0.1, 0.15) is 10.8 Å². The third-order valence-corrected chi connectivity index (χ3v) is 4.43. The zero-order valence-electron chi connectivity index (χ0n) is 14.7. The highest BCUT2D eigenvalue weighted by molar-refractivity contribution is 7.15. The zero-order chi connectivity index (χ0) is 18.5. The molecule has 1 N–H and O–H groups in total. The highest BCUT2D eigenvalue weighted by Crippen LogP contribution is 2.29. The Morgan fingerprint density at radius 3 is 2.81 bits per heavy atom. The van der Waals surface area contributed by atoms with Crippen molar-refractivity contribution in [2.45, 2.75) is 33.1 Å². The monoisotopic (exact) mass is 373 g/mol. The van der Waals surface area contributed by atoms with Gasteiger partial charge in [0.15, 0.2) is 12.4 Å². The molecule has 0 radical (unpaired) electrons. The quantitative estimate of drug-likeness (QED) is 0.678. The predicted molar refractivity (Wildman–Crippen MR) is 97.2 cm³/mol. The van der Waals surface area contributed by atoms with Gasteiger partial charge in [0.05, 0.1) is 5.56 Å². The second-order valence-electron chi connectivity index (χ2n) is 5.80. The van der Waals surface area contributed by atoms with Crippen LogP contribution < -0.4 is 10.1 Å². The maximum absolute atomic E-state index is 12.1. The van der Waals surface area contributed by atoms with Crippen LogP contribution in [-0.2, 0) is 11.2 Å². The number of para-hydroxylation sites is 1. The number of aryl methyl sites for hydroxylation is 1. The van der Waals surface area contributed by atoms with Crippen LogP contribution in [0.15, 0.2) is 28.8 Å². The topological polar surface area (TPSA) is 103 Å². The van der Waals surface area contributed by atoms with Gasteiger partial charge in [-0.05, 0) is 18.6 Å². The van der Waals surface area contributed by atoms with Crippen molar-refractivity contribution in [3.8, 4) is 17.2 Å². The number of ether oxygens (including phenoxy) is 1. The van der Waals surface area contributed by atoms with E-state index >= 15 is 0 Å². The van der Waals surface area contributed by atoms with Crippen molar-refractivity contribution in [3.05, 3.63) is 35.1 Å². The average molecular weight is 373 g/mol. The van der Waals surface area contributed by atoms with Crippen molar-refractivity contribution < 1.29 is 14.1 Å². The van der Waals surface area contributed by atoms with E-state index in [1.54, 1.807) is 6.07 Å². The molecule has 9 heteroatoms. The zero-order valence-corrected chi connectivity index (χ0v) is 15.5. The molecular formula is C17H19N5O3S. The Morgan fingerprint density at radius 1 is 1.31 bits per heavy atom. The number of rotatable bonds is 7. The van der Waals surface area contributed by atoms with Crippen LogP contribution in [0.25, 0.3) is 11.5 Å². The molecule has 3 aromatic rings. The lowest BCUT2D eigenvalue weighted by Gasteiger charge is -2.08. The standard InChI is InChI=1S/C17H19N5O3S/c1-4-14-20-21-17(26-14)18-13(23)9-24-12-8-6-5-7-11(12)16-19-15(10(2)3)22-25-16/h5-8,10H,4,9H2,1-3H3,(H,18,21,23). The van der Waals surface area contributed by atoms with Crippen LogP contribution in [0.1, 0.15) is 37.5 Å². The third-order valence-electron chi connectivity index (χ3n) is 3.45. The minimum atomic E-state index is -0.313. The first kappa shape index (κ1) is 18.0. The first-order valence-electron chi connectivity index (χ1n) is 8.24. The van der Waals surface area contributed by atoms with E-state index in [2.05, 4.69) is 25.7 Å². The molecule has 0 atom stereocenters.